The molecule has 2 heterocycles. The summed E-state index contributed by atoms with van der Waals surface area (Å²) in [6.07, 6.45) is 0. The average Bonchev–Trinajstić information content (AvgIpc) is 3.30. The number of benzene rings is 2. The van der Waals surface area contributed by atoms with Gasteiger partial charge in [-0.2, -0.15) is 0 Å². The molecule has 0 atom stereocenters. The van der Waals surface area contributed by atoms with Gasteiger partial charge in [-0.1, -0.05) is 66.7 Å². The number of carbonyl (C=O) groups excluding carboxylic acids is 1. The van der Waals surface area contributed by atoms with E-state index in [4.69, 9.17) is 5.73 Å². The fourth-order valence-electron chi connectivity index (χ4n) is 2.95. The van der Waals surface area contributed by atoms with E-state index in [1.165, 1.54) is 11.3 Å². The molecule has 0 saturated heterocycles. The van der Waals surface area contributed by atoms with Crippen molar-refractivity contribution in [2.45, 2.75) is 0 Å². The monoisotopic (exact) mass is 361 g/mol. The van der Waals surface area contributed by atoms with E-state index in [9.17, 15) is 4.79 Å². The molecule has 4 rings (SSSR count). The van der Waals surface area contributed by atoms with Crippen LogP contribution in [0, 0.1) is 0 Å². The van der Waals surface area contributed by atoms with Crippen LogP contribution < -0.4 is 5.73 Å². The summed E-state index contributed by atoms with van der Waals surface area (Å²) in [4.78, 5) is 15.0. The molecule has 0 spiro atoms. The normalized spacial score (nSPS) is 10.7. The van der Waals surface area contributed by atoms with Gasteiger partial charge in [-0.25, -0.2) is 0 Å². The summed E-state index contributed by atoms with van der Waals surface area (Å²) >= 11 is 3.15. The zero-order valence-electron chi connectivity index (χ0n) is 13.3. The Kier molecular flexibility index (Phi) is 4.22. The second-order valence-corrected chi connectivity index (χ2v) is 7.55. The molecule has 2 N–H and O–H groups in total. The summed E-state index contributed by atoms with van der Waals surface area (Å²) < 4.78 is 0. The summed E-state index contributed by atoms with van der Waals surface area (Å²) in [5.74, 6) is -0.385. The zero-order valence-corrected chi connectivity index (χ0v) is 14.9. The molecule has 0 bridgehead atoms. The van der Waals surface area contributed by atoms with E-state index in [1.807, 2.05) is 54.6 Å². The van der Waals surface area contributed by atoms with Gasteiger partial charge in [-0.05, 0) is 22.6 Å². The maximum absolute atomic E-state index is 12.2. The predicted molar refractivity (Wildman–Crippen MR) is 107 cm³/mol. The quantitative estimate of drug-likeness (QED) is 0.482. The smallest absolute Gasteiger partial charge is 0.259 e. The van der Waals surface area contributed by atoms with E-state index in [0.29, 0.717) is 4.88 Å². The van der Waals surface area contributed by atoms with E-state index in [2.05, 4.69) is 23.6 Å². The molecule has 0 unspecified atom stereocenters. The third-order valence-corrected chi connectivity index (χ3v) is 6.26. The van der Waals surface area contributed by atoms with Gasteiger partial charge in [0.2, 0.25) is 0 Å². The van der Waals surface area contributed by atoms with Crippen molar-refractivity contribution in [1.82, 2.24) is 0 Å². The molecule has 25 heavy (non-hydrogen) atoms. The fourth-order valence-corrected chi connectivity index (χ4v) is 5.00. The standard InChI is InChI=1S/C21H15NOS2/c22-21(23)20-18(15-10-5-2-6-11-15)17(14-8-3-1-4-9-14)19(25-20)16-12-7-13-24-16/h1-13H,(H2,22,23). The van der Waals surface area contributed by atoms with E-state index < -0.39 is 0 Å². The molecule has 2 nitrogen and oxygen atoms in total. The first-order chi connectivity index (χ1) is 12.3. The minimum absolute atomic E-state index is 0.385. The summed E-state index contributed by atoms with van der Waals surface area (Å²) in [7, 11) is 0. The van der Waals surface area contributed by atoms with E-state index in [-0.39, 0.29) is 5.91 Å². The minimum atomic E-state index is -0.385. The molecule has 0 aliphatic rings. The molecule has 122 valence electrons. The van der Waals surface area contributed by atoms with Gasteiger partial charge in [-0.3, -0.25) is 4.79 Å². The van der Waals surface area contributed by atoms with Gasteiger partial charge < -0.3 is 5.73 Å². The Balaban J connectivity index is 2.09. The lowest BCUT2D eigenvalue weighted by Gasteiger charge is -2.09. The second kappa shape index (κ2) is 6.67. The van der Waals surface area contributed by atoms with Gasteiger partial charge in [-0.15, -0.1) is 22.7 Å². The minimum Gasteiger partial charge on any atom is -0.365 e. The Labute approximate surface area is 154 Å². The maximum Gasteiger partial charge on any atom is 0.259 e. The molecule has 0 saturated carbocycles. The van der Waals surface area contributed by atoms with Crippen LogP contribution in [0.2, 0.25) is 0 Å². The lowest BCUT2D eigenvalue weighted by Crippen LogP contribution is -2.10. The van der Waals surface area contributed by atoms with E-state index in [0.717, 1.165) is 32.0 Å². The van der Waals surface area contributed by atoms with Gasteiger partial charge in [0.05, 0.1) is 4.88 Å². The van der Waals surface area contributed by atoms with Crippen LogP contribution in [0.5, 0.6) is 0 Å². The van der Waals surface area contributed by atoms with Crippen LogP contribution >= 0.6 is 22.7 Å². The first-order valence-corrected chi connectivity index (χ1v) is 9.56. The Bertz CT molecular complexity index is 1000. The molecule has 2 aromatic carbocycles. The maximum atomic E-state index is 12.2. The molecule has 4 heteroatoms. The molecular formula is C21H15NOS2. The third-order valence-electron chi connectivity index (χ3n) is 4.00. The Morgan fingerprint density at radius 2 is 1.36 bits per heavy atom. The first kappa shape index (κ1) is 15.8. The van der Waals surface area contributed by atoms with Crippen LogP contribution in [0.3, 0.4) is 0 Å². The second-order valence-electron chi connectivity index (χ2n) is 5.58. The van der Waals surface area contributed by atoms with Crippen LogP contribution in [0.4, 0.5) is 0 Å². The summed E-state index contributed by atoms with van der Waals surface area (Å²) in [5, 5.41) is 2.05. The van der Waals surface area contributed by atoms with Crippen molar-refractivity contribution in [3.63, 3.8) is 0 Å². The van der Waals surface area contributed by atoms with Crippen molar-refractivity contribution in [1.29, 1.82) is 0 Å². The lowest BCUT2D eigenvalue weighted by molar-refractivity contribution is 0.100. The van der Waals surface area contributed by atoms with Gasteiger partial charge in [0.25, 0.3) is 5.91 Å². The van der Waals surface area contributed by atoms with Crippen LogP contribution in [-0.4, -0.2) is 5.91 Å². The zero-order chi connectivity index (χ0) is 17.2. The molecule has 4 aromatic rings. The molecule has 0 aliphatic carbocycles. The number of hydrogen-bond acceptors (Lipinski definition) is 3. The van der Waals surface area contributed by atoms with Crippen molar-refractivity contribution in [2.24, 2.45) is 5.73 Å². The number of primary amides is 1. The van der Waals surface area contributed by atoms with Crippen molar-refractivity contribution < 1.29 is 4.79 Å². The SMILES string of the molecule is NC(=O)c1sc(-c2cccs2)c(-c2ccccc2)c1-c1ccccc1. The molecular weight excluding hydrogens is 346 g/mol. The number of thiophene rings is 2. The van der Waals surface area contributed by atoms with Crippen LogP contribution in [0.15, 0.2) is 78.2 Å². The predicted octanol–water partition coefficient (Wildman–Crippen LogP) is 5.91. The van der Waals surface area contributed by atoms with E-state index in [1.54, 1.807) is 11.3 Å². The summed E-state index contributed by atoms with van der Waals surface area (Å²) in [6, 6.07) is 24.3. The van der Waals surface area contributed by atoms with Gasteiger partial charge in [0.15, 0.2) is 0 Å². The van der Waals surface area contributed by atoms with Crippen LogP contribution in [-0.2, 0) is 0 Å². The summed E-state index contributed by atoms with van der Waals surface area (Å²) in [5.41, 5.74) is 9.84. The summed E-state index contributed by atoms with van der Waals surface area (Å²) in [6.45, 7) is 0. The van der Waals surface area contributed by atoms with E-state index >= 15 is 0 Å². The Hall–Kier alpha value is -2.69. The van der Waals surface area contributed by atoms with Crippen molar-refractivity contribution in [3.05, 3.63) is 83.1 Å². The topological polar surface area (TPSA) is 43.1 Å². The number of nitrogens with two attached hydrogens (primary N) is 1. The molecule has 0 aliphatic heterocycles. The van der Waals surface area contributed by atoms with Crippen molar-refractivity contribution in [2.75, 3.05) is 0 Å². The highest BCUT2D eigenvalue weighted by Crippen LogP contribution is 2.48. The number of hydrogen-bond donors (Lipinski definition) is 1. The lowest BCUT2D eigenvalue weighted by atomic mass is 9.94. The highest BCUT2D eigenvalue weighted by atomic mass is 32.1. The Morgan fingerprint density at radius 1 is 0.760 bits per heavy atom. The van der Waals surface area contributed by atoms with Gasteiger partial charge in [0, 0.05) is 16.0 Å². The molecule has 2 aromatic heterocycles. The number of carbonyl (C=O) groups is 1. The largest absolute Gasteiger partial charge is 0.365 e. The first-order valence-electron chi connectivity index (χ1n) is 7.87. The number of amides is 1. The number of rotatable bonds is 4. The Morgan fingerprint density at radius 3 is 1.88 bits per heavy atom. The van der Waals surface area contributed by atoms with Gasteiger partial charge >= 0.3 is 0 Å². The fraction of sp³-hybridized carbons (Fsp3) is 0. The third kappa shape index (κ3) is 2.90. The molecule has 0 fully saturated rings. The van der Waals surface area contributed by atoms with Crippen molar-refractivity contribution >= 4 is 28.6 Å². The molecule has 1 amide bonds. The highest BCUT2D eigenvalue weighted by Gasteiger charge is 2.24. The van der Waals surface area contributed by atoms with Gasteiger partial charge in [0.1, 0.15) is 4.88 Å². The van der Waals surface area contributed by atoms with Crippen LogP contribution in [0.1, 0.15) is 9.67 Å². The highest BCUT2D eigenvalue weighted by molar-refractivity contribution is 7.23. The van der Waals surface area contributed by atoms with Crippen molar-refractivity contribution in [3.8, 4) is 32.0 Å². The molecule has 0 radical (unpaired) electrons. The average molecular weight is 361 g/mol. The van der Waals surface area contributed by atoms with Crippen LogP contribution in [0.25, 0.3) is 32.0 Å².